The van der Waals surface area contributed by atoms with Crippen LogP contribution < -0.4 is 10.1 Å². The lowest BCUT2D eigenvalue weighted by molar-refractivity contribution is -0.145. The van der Waals surface area contributed by atoms with E-state index in [-0.39, 0.29) is 30.1 Å². The molecular formula is C27H36N2O8S. The van der Waals surface area contributed by atoms with Crippen LogP contribution >= 0.6 is 0 Å². The molecule has 208 valence electrons. The molecule has 10 nitrogen and oxygen atoms in total. The highest BCUT2D eigenvalue weighted by atomic mass is 32.2. The van der Waals surface area contributed by atoms with Gasteiger partial charge in [0.25, 0.3) is 10.0 Å². The largest absolute Gasteiger partial charge is 0.497 e. The molecule has 1 aliphatic heterocycles. The smallest absolute Gasteiger partial charge is 0.407 e. The molecule has 11 heteroatoms. The minimum absolute atomic E-state index is 0.0108. The van der Waals surface area contributed by atoms with Crippen LogP contribution in [0.4, 0.5) is 4.79 Å². The van der Waals surface area contributed by atoms with Gasteiger partial charge >= 0.3 is 6.09 Å². The van der Waals surface area contributed by atoms with Gasteiger partial charge in [0, 0.05) is 6.42 Å². The fourth-order valence-corrected chi connectivity index (χ4v) is 5.90. The molecule has 1 aliphatic carbocycles. The zero-order valence-electron chi connectivity index (χ0n) is 21.5. The third kappa shape index (κ3) is 7.67. The monoisotopic (exact) mass is 548 g/mol. The molecule has 0 aromatic heterocycles. The quantitative estimate of drug-likeness (QED) is 0.388. The summed E-state index contributed by atoms with van der Waals surface area (Å²) in [7, 11) is -2.63. The van der Waals surface area contributed by atoms with Gasteiger partial charge in [-0.1, -0.05) is 47.6 Å². The number of methoxy groups -OCH3 is 1. The molecule has 38 heavy (non-hydrogen) atoms. The van der Waals surface area contributed by atoms with Crippen molar-refractivity contribution in [1.82, 2.24) is 9.79 Å². The summed E-state index contributed by atoms with van der Waals surface area (Å²) in [4.78, 5) is 18.6. The van der Waals surface area contributed by atoms with Crippen LogP contribution in [0, 0.1) is 0 Å². The Balaban J connectivity index is 1.54. The Morgan fingerprint density at radius 2 is 1.79 bits per heavy atom. The highest BCUT2D eigenvalue weighted by Gasteiger charge is 2.35. The van der Waals surface area contributed by atoms with Gasteiger partial charge in [0.1, 0.15) is 11.9 Å². The Morgan fingerprint density at radius 1 is 1.08 bits per heavy atom. The van der Waals surface area contributed by atoms with Crippen molar-refractivity contribution < 1.29 is 37.4 Å². The molecule has 2 aromatic rings. The first-order valence-electron chi connectivity index (χ1n) is 13.0. The molecule has 2 fully saturated rings. The fraction of sp³-hybridized carbons (Fsp3) is 0.519. The van der Waals surface area contributed by atoms with E-state index in [0.717, 1.165) is 35.7 Å². The van der Waals surface area contributed by atoms with Crippen LogP contribution in [0.1, 0.15) is 37.7 Å². The van der Waals surface area contributed by atoms with Crippen LogP contribution in [0.3, 0.4) is 0 Å². The lowest BCUT2D eigenvalue weighted by atomic mass is 10.0. The number of nitrogens with zero attached hydrogens (tertiary/aromatic N) is 1. The van der Waals surface area contributed by atoms with Gasteiger partial charge in [-0.3, -0.25) is 4.84 Å². The van der Waals surface area contributed by atoms with Crippen molar-refractivity contribution in [3.63, 3.8) is 0 Å². The number of hydrogen-bond acceptors (Lipinski definition) is 8. The topological polar surface area (TPSA) is 124 Å². The van der Waals surface area contributed by atoms with Crippen molar-refractivity contribution in [2.24, 2.45) is 0 Å². The molecule has 0 bridgehead atoms. The molecule has 4 rings (SSSR count). The zero-order chi connectivity index (χ0) is 27.0. The summed E-state index contributed by atoms with van der Waals surface area (Å²) in [6.45, 7) is 0.461. The van der Waals surface area contributed by atoms with E-state index in [1.54, 1.807) is 12.1 Å². The summed E-state index contributed by atoms with van der Waals surface area (Å²) in [5.41, 5.74) is 0.863. The van der Waals surface area contributed by atoms with Gasteiger partial charge in [-0.2, -0.15) is 0 Å². The average molecular weight is 549 g/mol. The lowest BCUT2D eigenvalue weighted by Gasteiger charge is -2.30. The molecule has 3 atom stereocenters. The number of alkyl carbamates (subject to hydrolysis) is 1. The number of carbonyl (C=O) groups excluding carboxylic acids is 1. The molecule has 2 aliphatic rings. The van der Waals surface area contributed by atoms with E-state index in [0.29, 0.717) is 25.4 Å². The van der Waals surface area contributed by atoms with Crippen molar-refractivity contribution in [1.29, 1.82) is 0 Å². The van der Waals surface area contributed by atoms with E-state index < -0.39 is 28.3 Å². The maximum Gasteiger partial charge on any atom is 0.407 e. The minimum atomic E-state index is -4.13. The van der Waals surface area contributed by atoms with E-state index in [4.69, 9.17) is 19.0 Å². The molecule has 0 unspecified atom stereocenters. The number of rotatable bonds is 12. The number of hydrogen-bond donors (Lipinski definition) is 2. The minimum Gasteiger partial charge on any atom is -0.497 e. The number of nitrogens with one attached hydrogen (secondary N) is 1. The van der Waals surface area contributed by atoms with E-state index in [2.05, 4.69) is 5.32 Å². The van der Waals surface area contributed by atoms with Gasteiger partial charge in [-0.15, -0.1) is 0 Å². The summed E-state index contributed by atoms with van der Waals surface area (Å²) in [5.74, 6) is 0.519. The molecule has 1 heterocycles. The van der Waals surface area contributed by atoms with Crippen LogP contribution in [-0.2, 0) is 30.8 Å². The molecule has 1 amide bonds. The highest BCUT2D eigenvalue weighted by Crippen LogP contribution is 2.27. The first-order valence-corrected chi connectivity index (χ1v) is 14.4. The Hall–Kier alpha value is -2.70. The number of carbonyl (C=O) groups is 1. The van der Waals surface area contributed by atoms with Gasteiger partial charge in [-0.05, 0) is 49.1 Å². The van der Waals surface area contributed by atoms with Crippen molar-refractivity contribution >= 4 is 16.1 Å². The Morgan fingerprint density at radius 3 is 2.42 bits per heavy atom. The van der Waals surface area contributed by atoms with Crippen LogP contribution in [0.25, 0.3) is 0 Å². The van der Waals surface area contributed by atoms with E-state index >= 15 is 0 Å². The first-order chi connectivity index (χ1) is 18.3. The number of aliphatic hydroxyl groups excluding tert-OH is 1. The third-order valence-corrected chi connectivity index (χ3v) is 8.40. The molecule has 2 N–H and O–H groups in total. The van der Waals surface area contributed by atoms with Crippen molar-refractivity contribution in [2.75, 3.05) is 26.9 Å². The lowest BCUT2D eigenvalue weighted by Crippen LogP contribution is -2.51. The van der Waals surface area contributed by atoms with Crippen LogP contribution in [-0.4, -0.2) is 75.3 Å². The van der Waals surface area contributed by atoms with Crippen LogP contribution in [0.15, 0.2) is 59.5 Å². The summed E-state index contributed by atoms with van der Waals surface area (Å²) in [6, 6.07) is 14.5. The summed E-state index contributed by atoms with van der Waals surface area (Å²) < 4.78 is 43.9. The van der Waals surface area contributed by atoms with E-state index in [1.807, 2.05) is 30.3 Å². The van der Waals surface area contributed by atoms with Crippen molar-refractivity contribution in [3.8, 4) is 5.75 Å². The van der Waals surface area contributed by atoms with Gasteiger partial charge in [-0.25, -0.2) is 13.2 Å². The molecule has 1 saturated heterocycles. The summed E-state index contributed by atoms with van der Waals surface area (Å²) in [5, 5.41) is 14.1. The third-order valence-electron chi connectivity index (χ3n) is 6.76. The van der Waals surface area contributed by atoms with Gasteiger partial charge < -0.3 is 24.6 Å². The number of hydroxylamine groups is 1. The fourth-order valence-electron chi connectivity index (χ4n) is 4.60. The van der Waals surface area contributed by atoms with Crippen LogP contribution in [0.2, 0.25) is 0 Å². The molecule has 2 aromatic carbocycles. The van der Waals surface area contributed by atoms with Gasteiger partial charge in [0.15, 0.2) is 0 Å². The van der Waals surface area contributed by atoms with Gasteiger partial charge in [0.2, 0.25) is 0 Å². The summed E-state index contributed by atoms with van der Waals surface area (Å²) in [6.07, 6.45) is 1.58. The first kappa shape index (κ1) is 28.3. The molecular weight excluding hydrogens is 512 g/mol. The van der Waals surface area contributed by atoms with E-state index in [9.17, 15) is 18.3 Å². The van der Waals surface area contributed by atoms with Crippen LogP contribution in [0.5, 0.6) is 5.75 Å². The van der Waals surface area contributed by atoms with Crippen molar-refractivity contribution in [2.45, 2.75) is 67.8 Å². The number of benzene rings is 2. The molecule has 0 spiro atoms. The Bertz CT molecular complexity index is 1120. The second-order valence-electron chi connectivity index (χ2n) is 9.58. The molecule has 0 radical (unpaired) electrons. The average Bonchev–Trinajstić information content (AvgIpc) is 3.63. The number of amides is 1. The normalized spacial score (nSPS) is 19.8. The number of sulfonamides is 1. The highest BCUT2D eigenvalue weighted by molar-refractivity contribution is 7.89. The number of ether oxygens (including phenoxy) is 3. The second kappa shape index (κ2) is 13.4. The predicted octanol–water partition coefficient (Wildman–Crippen LogP) is 3.05. The zero-order valence-corrected chi connectivity index (χ0v) is 22.3. The number of aliphatic hydroxyl groups is 1. The Kier molecular flexibility index (Phi) is 9.97. The SMILES string of the molecule is COc1ccc(S(=O)(=O)N(C[C@H](O)[C@H](Cc2ccccc2)NC(=O)O[C@H]2CCOC2)OC2CCCC2)cc1. The Labute approximate surface area is 223 Å². The van der Waals surface area contributed by atoms with Gasteiger partial charge in [0.05, 0.1) is 50.0 Å². The van der Waals surface area contributed by atoms with Crippen molar-refractivity contribution in [3.05, 3.63) is 60.2 Å². The summed E-state index contributed by atoms with van der Waals surface area (Å²) >= 11 is 0. The maximum atomic E-state index is 13.6. The maximum absolute atomic E-state index is 13.6. The second-order valence-corrected chi connectivity index (χ2v) is 11.4. The van der Waals surface area contributed by atoms with E-state index in [1.165, 1.54) is 19.2 Å². The standard InChI is InChI=1S/C27H36N2O8S/c1-34-21-11-13-24(14-12-21)38(32,33)29(37-22-9-5-6-10-22)18-26(30)25(17-20-7-3-2-4-8-20)28-27(31)36-23-15-16-35-19-23/h2-4,7-8,11-14,22-23,25-26,30H,5-6,9-10,15-19H2,1H3,(H,28,31)/t23-,25-,26-/m0/s1. The molecule has 1 saturated carbocycles. The predicted molar refractivity (Wildman–Crippen MR) is 139 cm³/mol.